The molecule has 170 valence electrons. The van der Waals surface area contributed by atoms with Crippen LogP contribution >= 0.6 is 0 Å². The maximum absolute atomic E-state index is 6.20. The molecular weight excluding hydrogens is 408 g/mol. The number of anilines is 2. The van der Waals surface area contributed by atoms with E-state index in [1.807, 2.05) is 11.9 Å². The van der Waals surface area contributed by atoms with Gasteiger partial charge in [-0.05, 0) is 61.3 Å². The Hall–Kier alpha value is -3.31. The molecule has 0 saturated carbocycles. The molecule has 3 aromatic carbocycles. The van der Waals surface area contributed by atoms with Gasteiger partial charge >= 0.3 is 0 Å². The third-order valence-corrected chi connectivity index (χ3v) is 6.67. The molecule has 1 fully saturated rings. The summed E-state index contributed by atoms with van der Waals surface area (Å²) in [7, 11) is 2.19. The number of aryl methyl sites for hydroxylation is 2. The third-order valence-electron chi connectivity index (χ3n) is 6.67. The van der Waals surface area contributed by atoms with Crippen molar-refractivity contribution in [2.75, 3.05) is 43.1 Å². The molecule has 1 atom stereocenters. The van der Waals surface area contributed by atoms with E-state index in [1.165, 1.54) is 27.9 Å². The smallest absolute Gasteiger partial charge is 0.219 e. The van der Waals surface area contributed by atoms with Crippen LogP contribution in [0.4, 0.5) is 11.4 Å². The number of likely N-dealkylation sites (N-methyl/N-ethyl adjacent to an activating group) is 1. The molecule has 0 aromatic heterocycles. The van der Waals surface area contributed by atoms with Gasteiger partial charge in [0.1, 0.15) is 0 Å². The highest BCUT2D eigenvalue weighted by molar-refractivity contribution is 5.78. The van der Waals surface area contributed by atoms with E-state index in [1.54, 1.807) is 0 Å². The van der Waals surface area contributed by atoms with Crippen molar-refractivity contribution < 1.29 is 4.74 Å². The minimum absolute atomic E-state index is 0.267. The average molecular weight is 441 g/mol. The lowest BCUT2D eigenvalue weighted by atomic mass is 9.98. The average Bonchev–Trinajstić information content (AvgIpc) is 3.22. The number of hydrogen-bond acceptors (Lipinski definition) is 5. The maximum atomic E-state index is 6.20. The van der Waals surface area contributed by atoms with Crippen LogP contribution in [0.1, 0.15) is 29.8 Å². The van der Waals surface area contributed by atoms with Gasteiger partial charge in [-0.3, -0.25) is 0 Å². The first-order valence-corrected chi connectivity index (χ1v) is 11.7. The fraction of sp³-hybridized carbons (Fsp3) is 0.321. The van der Waals surface area contributed by atoms with Gasteiger partial charge in [0.15, 0.2) is 0 Å². The van der Waals surface area contributed by atoms with E-state index in [0.29, 0.717) is 5.90 Å². The summed E-state index contributed by atoms with van der Waals surface area (Å²) in [5.41, 5.74) is 8.45. The predicted molar refractivity (Wildman–Crippen MR) is 137 cm³/mol. The summed E-state index contributed by atoms with van der Waals surface area (Å²) in [5, 5.41) is 6.77. The fourth-order valence-electron chi connectivity index (χ4n) is 4.75. The van der Waals surface area contributed by atoms with Gasteiger partial charge in [-0.15, -0.1) is 5.10 Å². The van der Waals surface area contributed by atoms with E-state index < -0.39 is 0 Å². The Morgan fingerprint density at radius 3 is 2.30 bits per heavy atom. The number of hydrogen-bond donors (Lipinski definition) is 0. The summed E-state index contributed by atoms with van der Waals surface area (Å²) in [6, 6.07) is 23.7. The zero-order valence-corrected chi connectivity index (χ0v) is 20.0. The van der Waals surface area contributed by atoms with Crippen LogP contribution in [0.25, 0.3) is 11.1 Å². The summed E-state index contributed by atoms with van der Waals surface area (Å²) in [6.45, 7) is 10.5. The predicted octanol–water partition coefficient (Wildman–Crippen LogP) is 5.59. The molecule has 2 heterocycles. The molecule has 2 aliphatic heterocycles. The molecule has 0 bridgehead atoms. The minimum Gasteiger partial charge on any atom is -0.450 e. The molecule has 0 spiro atoms. The van der Waals surface area contributed by atoms with E-state index in [2.05, 4.69) is 97.4 Å². The zero-order chi connectivity index (χ0) is 22.9. The van der Waals surface area contributed by atoms with Crippen LogP contribution in [0.15, 0.2) is 71.8 Å². The molecular formula is C28H32N4O. The number of benzene rings is 3. The third kappa shape index (κ3) is 4.33. The van der Waals surface area contributed by atoms with Gasteiger partial charge in [0.25, 0.3) is 0 Å². The number of rotatable bonds is 4. The minimum atomic E-state index is -0.267. The van der Waals surface area contributed by atoms with E-state index in [-0.39, 0.29) is 6.23 Å². The highest BCUT2D eigenvalue weighted by Gasteiger charge is 2.30. The highest BCUT2D eigenvalue weighted by atomic mass is 16.5. The molecule has 5 rings (SSSR count). The molecule has 0 aliphatic carbocycles. The Kier molecular flexibility index (Phi) is 5.81. The van der Waals surface area contributed by atoms with Crippen molar-refractivity contribution >= 4 is 17.3 Å². The van der Waals surface area contributed by atoms with Crippen LogP contribution in [0, 0.1) is 13.8 Å². The topological polar surface area (TPSA) is 31.3 Å². The van der Waals surface area contributed by atoms with E-state index in [9.17, 15) is 0 Å². The number of piperazine rings is 1. The molecule has 1 saturated heterocycles. The highest BCUT2D eigenvalue weighted by Crippen LogP contribution is 2.37. The summed E-state index contributed by atoms with van der Waals surface area (Å²) in [4.78, 5) is 4.87. The van der Waals surface area contributed by atoms with Gasteiger partial charge in [0, 0.05) is 44.4 Å². The van der Waals surface area contributed by atoms with Crippen LogP contribution in [0.2, 0.25) is 0 Å². The Morgan fingerprint density at radius 1 is 0.818 bits per heavy atom. The second-order valence-electron chi connectivity index (χ2n) is 9.14. The molecule has 0 radical (unpaired) electrons. The van der Waals surface area contributed by atoms with Crippen LogP contribution < -0.4 is 9.91 Å². The summed E-state index contributed by atoms with van der Waals surface area (Å²) in [6.07, 6.45) is -0.267. The standard InChI is InChI=1S/C28H32N4O/c1-20-10-12-25(19-27(20)31-16-14-30(4)15-17-31)32-28(33-22(3)29-32)24-11-13-26(21(2)18-24)23-8-6-5-7-9-23/h5-13,18-19,28H,14-17H2,1-4H3. The van der Waals surface area contributed by atoms with Gasteiger partial charge in [0.05, 0.1) is 5.69 Å². The molecule has 0 N–H and O–H groups in total. The quantitative estimate of drug-likeness (QED) is 0.529. The second kappa shape index (κ2) is 8.91. The lowest BCUT2D eigenvalue weighted by Crippen LogP contribution is -2.44. The molecule has 0 amide bonds. The van der Waals surface area contributed by atoms with Crippen molar-refractivity contribution in [3.63, 3.8) is 0 Å². The van der Waals surface area contributed by atoms with Crippen LogP contribution in [0.3, 0.4) is 0 Å². The lowest BCUT2D eigenvalue weighted by molar-refractivity contribution is 0.216. The Bertz CT molecular complexity index is 1170. The van der Waals surface area contributed by atoms with E-state index >= 15 is 0 Å². The van der Waals surface area contributed by atoms with Crippen molar-refractivity contribution in [1.82, 2.24) is 4.90 Å². The molecule has 1 unspecified atom stereocenters. The summed E-state index contributed by atoms with van der Waals surface area (Å²) < 4.78 is 6.20. The first-order chi connectivity index (χ1) is 16.0. The lowest BCUT2D eigenvalue weighted by Gasteiger charge is -2.35. The van der Waals surface area contributed by atoms with Crippen LogP contribution in [-0.4, -0.2) is 44.0 Å². The Morgan fingerprint density at radius 2 is 1.58 bits per heavy atom. The maximum Gasteiger partial charge on any atom is 0.219 e. The molecule has 5 nitrogen and oxygen atoms in total. The summed E-state index contributed by atoms with van der Waals surface area (Å²) in [5.74, 6) is 0.687. The number of hydrazone groups is 1. The van der Waals surface area contributed by atoms with E-state index in [4.69, 9.17) is 9.84 Å². The van der Waals surface area contributed by atoms with Crippen molar-refractivity contribution in [3.8, 4) is 11.1 Å². The van der Waals surface area contributed by atoms with Gasteiger partial charge in [0.2, 0.25) is 12.1 Å². The number of ether oxygens (including phenoxy) is 1. The monoisotopic (exact) mass is 440 g/mol. The first-order valence-electron chi connectivity index (χ1n) is 11.7. The second-order valence-corrected chi connectivity index (χ2v) is 9.14. The molecule has 33 heavy (non-hydrogen) atoms. The largest absolute Gasteiger partial charge is 0.450 e. The Labute approximate surface area is 196 Å². The van der Waals surface area contributed by atoms with E-state index in [0.717, 1.165) is 37.4 Å². The van der Waals surface area contributed by atoms with Gasteiger partial charge < -0.3 is 14.5 Å². The SMILES string of the molecule is CC1=NN(c2ccc(C)c(N3CCN(C)CC3)c2)C(c2ccc(-c3ccccc3)c(C)c2)O1. The van der Waals surface area contributed by atoms with Crippen molar-refractivity contribution in [3.05, 3.63) is 83.4 Å². The van der Waals surface area contributed by atoms with Gasteiger partial charge in [-0.2, -0.15) is 0 Å². The molecule has 5 heteroatoms. The van der Waals surface area contributed by atoms with Crippen LogP contribution in [0.5, 0.6) is 0 Å². The van der Waals surface area contributed by atoms with Gasteiger partial charge in [-0.25, -0.2) is 5.01 Å². The molecule has 2 aliphatic rings. The van der Waals surface area contributed by atoms with Crippen molar-refractivity contribution in [2.24, 2.45) is 5.10 Å². The normalized spacial score (nSPS) is 18.9. The molecule has 3 aromatic rings. The zero-order valence-electron chi connectivity index (χ0n) is 20.0. The summed E-state index contributed by atoms with van der Waals surface area (Å²) >= 11 is 0. The fourth-order valence-corrected chi connectivity index (χ4v) is 4.75. The first kappa shape index (κ1) is 21.5. The van der Waals surface area contributed by atoms with Crippen LogP contribution in [-0.2, 0) is 4.74 Å². The van der Waals surface area contributed by atoms with Crippen molar-refractivity contribution in [1.29, 1.82) is 0 Å². The Balaban J connectivity index is 1.45. The van der Waals surface area contributed by atoms with Crippen molar-refractivity contribution in [2.45, 2.75) is 27.0 Å². The number of nitrogens with zero attached hydrogens (tertiary/aromatic N) is 4. The van der Waals surface area contributed by atoms with Gasteiger partial charge in [-0.1, -0.05) is 48.5 Å².